The van der Waals surface area contributed by atoms with Gasteiger partial charge in [-0.05, 0) is 49.4 Å². The van der Waals surface area contributed by atoms with Crippen molar-refractivity contribution < 1.29 is 19.7 Å². The predicted octanol–water partition coefficient (Wildman–Crippen LogP) is 2.04. The first-order chi connectivity index (χ1) is 10.4. The zero-order valence-electron chi connectivity index (χ0n) is 13.4. The van der Waals surface area contributed by atoms with E-state index in [2.05, 4.69) is 13.8 Å². The van der Waals surface area contributed by atoms with E-state index in [0.29, 0.717) is 24.9 Å². The highest BCUT2D eigenvalue weighted by Gasteiger charge is 2.62. The van der Waals surface area contributed by atoms with Crippen molar-refractivity contribution in [2.24, 2.45) is 28.6 Å². The lowest BCUT2D eigenvalue weighted by Crippen LogP contribution is -2.58. The molecule has 0 bridgehead atoms. The van der Waals surface area contributed by atoms with Crippen LogP contribution in [0.1, 0.15) is 46.0 Å². The van der Waals surface area contributed by atoms with Crippen LogP contribution in [0.15, 0.2) is 11.6 Å². The lowest BCUT2D eigenvalue weighted by atomic mass is 9.48. The van der Waals surface area contributed by atoms with Crippen molar-refractivity contribution in [3.05, 3.63) is 11.6 Å². The summed E-state index contributed by atoms with van der Waals surface area (Å²) in [5, 5.41) is 21.4. The second-order valence-electron chi connectivity index (χ2n) is 8.40. The van der Waals surface area contributed by atoms with Gasteiger partial charge in [-0.25, -0.2) is 4.79 Å². The molecule has 1 aliphatic heterocycles. The number of cyclic esters (lactones) is 1. The van der Waals surface area contributed by atoms with Crippen LogP contribution in [-0.4, -0.2) is 35.0 Å². The van der Waals surface area contributed by atoms with E-state index in [0.717, 1.165) is 31.3 Å². The van der Waals surface area contributed by atoms with E-state index in [1.165, 1.54) is 0 Å². The molecule has 4 aliphatic rings. The Labute approximate surface area is 131 Å². The minimum Gasteiger partial charge on any atom is -0.462 e. The molecule has 4 rings (SSSR count). The van der Waals surface area contributed by atoms with Gasteiger partial charge in [0.1, 0.15) is 6.61 Å². The van der Waals surface area contributed by atoms with Gasteiger partial charge in [-0.1, -0.05) is 19.4 Å². The third-order valence-corrected chi connectivity index (χ3v) is 7.42. The van der Waals surface area contributed by atoms with E-state index in [1.807, 2.05) is 0 Å². The molecule has 0 radical (unpaired) electrons. The zero-order valence-corrected chi connectivity index (χ0v) is 13.4. The molecular weight excluding hydrogens is 280 g/mol. The summed E-state index contributed by atoms with van der Waals surface area (Å²) in [6.07, 6.45) is 5.45. The molecule has 22 heavy (non-hydrogen) atoms. The Kier molecular flexibility index (Phi) is 3.06. The molecule has 0 aromatic carbocycles. The van der Waals surface area contributed by atoms with Gasteiger partial charge in [-0.2, -0.15) is 0 Å². The Morgan fingerprint density at radius 3 is 2.77 bits per heavy atom. The Morgan fingerprint density at radius 2 is 2.00 bits per heavy atom. The summed E-state index contributed by atoms with van der Waals surface area (Å²) >= 11 is 0. The Balaban J connectivity index is 1.74. The SMILES string of the molecule is C[C@]12C[C@H](O)[C@H]3[C@@H](CCC4=CC(=O)OC[C@@]43C)[C@@H]1CC[C@@H]2O. The first-order valence-electron chi connectivity index (χ1n) is 8.60. The van der Waals surface area contributed by atoms with Crippen molar-refractivity contribution in [2.45, 2.75) is 58.2 Å². The number of ether oxygens (including phenoxy) is 1. The molecule has 7 atom stereocenters. The van der Waals surface area contributed by atoms with Crippen molar-refractivity contribution in [1.82, 2.24) is 0 Å². The monoisotopic (exact) mass is 306 g/mol. The van der Waals surface area contributed by atoms with Crippen LogP contribution in [0.2, 0.25) is 0 Å². The molecule has 0 unspecified atom stereocenters. The maximum absolute atomic E-state index is 11.6. The van der Waals surface area contributed by atoms with Gasteiger partial charge in [-0.15, -0.1) is 0 Å². The van der Waals surface area contributed by atoms with Crippen LogP contribution < -0.4 is 0 Å². The topological polar surface area (TPSA) is 66.8 Å². The van der Waals surface area contributed by atoms with E-state index in [4.69, 9.17) is 4.74 Å². The van der Waals surface area contributed by atoms with Crippen LogP contribution in [0.5, 0.6) is 0 Å². The molecule has 0 aromatic rings. The molecule has 2 N–H and O–H groups in total. The number of aliphatic hydroxyl groups is 2. The zero-order chi connectivity index (χ0) is 15.7. The smallest absolute Gasteiger partial charge is 0.330 e. The highest BCUT2D eigenvalue weighted by atomic mass is 16.5. The van der Waals surface area contributed by atoms with E-state index in [-0.39, 0.29) is 28.8 Å². The summed E-state index contributed by atoms with van der Waals surface area (Å²) < 4.78 is 5.33. The molecule has 0 spiro atoms. The van der Waals surface area contributed by atoms with Crippen LogP contribution in [-0.2, 0) is 9.53 Å². The van der Waals surface area contributed by atoms with Gasteiger partial charge in [-0.3, -0.25) is 0 Å². The standard InChI is InChI=1S/C18H26O4/c1-17-8-13(19)16-11(12(17)5-6-14(17)20)4-3-10-7-15(21)22-9-18(10,16)2/h7,11-14,16,19-20H,3-6,8-9H2,1-2H3/t11-,12-,13-,14-,16+,17-,18-/m0/s1. The van der Waals surface area contributed by atoms with Crippen molar-refractivity contribution in [3.8, 4) is 0 Å². The number of hydrogen-bond donors (Lipinski definition) is 2. The van der Waals surface area contributed by atoms with Gasteiger partial charge < -0.3 is 14.9 Å². The lowest BCUT2D eigenvalue weighted by molar-refractivity contribution is -0.164. The van der Waals surface area contributed by atoms with Crippen LogP contribution in [0, 0.1) is 28.6 Å². The summed E-state index contributed by atoms with van der Waals surface area (Å²) in [6.45, 7) is 4.70. The van der Waals surface area contributed by atoms with Crippen LogP contribution in [0.3, 0.4) is 0 Å². The molecule has 0 amide bonds. The fourth-order valence-electron chi connectivity index (χ4n) is 6.28. The first-order valence-corrected chi connectivity index (χ1v) is 8.60. The first kappa shape index (κ1) is 14.7. The number of rotatable bonds is 0. The summed E-state index contributed by atoms with van der Waals surface area (Å²) in [5.41, 5.74) is 0.778. The van der Waals surface area contributed by atoms with Crippen molar-refractivity contribution in [2.75, 3.05) is 6.61 Å². The molecule has 1 heterocycles. The van der Waals surface area contributed by atoms with Gasteiger partial charge >= 0.3 is 5.97 Å². The number of esters is 1. The normalized spacial score (nSPS) is 53.9. The van der Waals surface area contributed by atoms with E-state index in [9.17, 15) is 15.0 Å². The lowest BCUT2D eigenvalue weighted by Gasteiger charge is -2.58. The van der Waals surface area contributed by atoms with E-state index < -0.39 is 6.10 Å². The van der Waals surface area contributed by atoms with Crippen molar-refractivity contribution >= 4 is 5.97 Å². The summed E-state index contributed by atoms with van der Waals surface area (Å²) in [5.74, 6) is 0.804. The minimum absolute atomic E-state index is 0.143. The number of carbonyl (C=O) groups excluding carboxylic acids is 1. The second-order valence-corrected chi connectivity index (χ2v) is 8.40. The minimum atomic E-state index is -0.426. The largest absolute Gasteiger partial charge is 0.462 e. The van der Waals surface area contributed by atoms with Crippen LogP contribution in [0.25, 0.3) is 0 Å². The van der Waals surface area contributed by atoms with Crippen LogP contribution >= 0.6 is 0 Å². The quantitative estimate of drug-likeness (QED) is 0.672. The molecule has 4 nitrogen and oxygen atoms in total. The number of aliphatic hydroxyl groups excluding tert-OH is 2. The summed E-state index contributed by atoms with van der Waals surface area (Å²) in [4.78, 5) is 11.6. The van der Waals surface area contributed by atoms with Crippen molar-refractivity contribution in [3.63, 3.8) is 0 Å². The van der Waals surface area contributed by atoms with Gasteiger partial charge in [0.15, 0.2) is 0 Å². The average molecular weight is 306 g/mol. The molecule has 0 saturated heterocycles. The highest BCUT2D eigenvalue weighted by molar-refractivity contribution is 5.84. The number of carbonyl (C=O) groups is 1. The Bertz CT molecular complexity index is 541. The molecular formula is C18H26O4. The van der Waals surface area contributed by atoms with Gasteiger partial charge in [0.2, 0.25) is 0 Å². The van der Waals surface area contributed by atoms with Crippen LogP contribution in [0.4, 0.5) is 0 Å². The predicted molar refractivity (Wildman–Crippen MR) is 80.8 cm³/mol. The molecule has 122 valence electrons. The molecule has 3 saturated carbocycles. The maximum Gasteiger partial charge on any atom is 0.330 e. The molecule has 0 aromatic heterocycles. The molecule has 3 aliphatic carbocycles. The average Bonchev–Trinajstić information content (AvgIpc) is 2.75. The van der Waals surface area contributed by atoms with E-state index >= 15 is 0 Å². The third-order valence-electron chi connectivity index (χ3n) is 7.42. The van der Waals surface area contributed by atoms with Crippen molar-refractivity contribution in [1.29, 1.82) is 0 Å². The number of fused-ring (bicyclic) bond motifs is 5. The summed E-state index contributed by atoms with van der Waals surface area (Å²) in [7, 11) is 0. The highest BCUT2D eigenvalue weighted by Crippen LogP contribution is 2.64. The maximum atomic E-state index is 11.6. The summed E-state index contributed by atoms with van der Waals surface area (Å²) in [6, 6.07) is 0. The third kappa shape index (κ3) is 1.74. The molecule has 3 fully saturated rings. The Hall–Kier alpha value is -0.870. The van der Waals surface area contributed by atoms with Gasteiger partial charge in [0.05, 0.1) is 12.2 Å². The molecule has 4 heteroatoms. The second kappa shape index (κ2) is 4.57. The van der Waals surface area contributed by atoms with Gasteiger partial charge in [0.25, 0.3) is 0 Å². The van der Waals surface area contributed by atoms with Gasteiger partial charge in [0, 0.05) is 17.4 Å². The fourth-order valence-corrected chi connectivity index (χ4v) is 6.28. The van der Waals surface area contributed by atoms with E-state index in [1.54, 1.807) is 6.08 Å². The Morgan fingerprint density at radius 1 is 1.23 bits per heavy atom. The fraction of sp³-hybridized carbons (Fsp3) is 0.833. The number of hydrogen-bond acceptors (Lipinski definition) is 4.